The third-order valence-electron chi connectivity index (χ3n) is 17.3. The van der Waals surface area contributed by atoms with Gasteiger partial charge in [0.05, 0.1) is 25.4 Å². The van der Waals surface area contributed by atoms with E-state index in [1.165, 1.54) is 218 Å². The number of nitrogens with one attached hydrogen (secondary N) is 1. The summed E-state index contributed by atoms with van der Waals surface area (Å²) in [7, 11) is 0. The smallest absolute Gasteiger partial charge is 0.220 e. The fourth-order valence-electron chi connectivity index (χ4n) is 11.4. The second-order valence-electron chi connectivity index (χ2n) is 25.7. The molecule has 9 nitrogen and oxygen atoms in total. The van der Waals surface area contributed by atoms with Gasteiger partial charge in [-0.25, -0.2) is 0 Å². The zero-order chi connectivity index (χ0) is 64.9. The summed E-state index contributed by atoms with van der Waals surface area (Å²) in [5, 5.41) is 54.8. The summed E-state index contributed by atoms with van der Waals surface area (Å²) in [4.78, 5) is 13.1. The SMILES string of the molecule is CC/C=C\C/C=C\C/C=C\C/C=C\C/C=C\C/C=C\C/C=C\C/C=C\CCCCCCCCCCCCCCCCCCC(=O)NC(COC1OC(CO)C(O)C(O)C1O)C(O)/C=C/CC/C=C/CCCCCCCCCCCCCCCCCCCCCC. The van der Waals surface area contributed by atoms with Crippen molar-refractivity contribution in [3.63, 3.8) is 0 Å². The highest BCUT2D eigenvalue weighted by atomic mass is 16.7. The normalized spacial score (nSPS) is 18.5. The monoisotopic (exact) mass is 1260 g/mol. The lowest BCUT2D eigenvalue weighted by Crippen LogP contribution is -2.60. The van der Waals surface area contributed by atoms with Crippen molar-refractivity contribution < 1.29 is 39.8 Å². The van der Waals surface area contributed by atoms with E-state index >= 15 is 0 Å². The zero-order valence-electron chi connectivity index (χ0n) is 58.1. The molecule has 9 heteroatoms. The molecule has 1 fully saturated rings. The van der Waals surface area contributed by atoms with Crippen molar-refractivity contribution in [3.05, 3.63) is 122 Å². The molecule has 0 aromatic rings. The minimum absolute atomic E-state index is 0.186. The van der Waals surface area contributed by atoms with Crippen molar-refractivity contribution >= 4 is 5.91 Å². The molecule has 0 radical (unpaired) electrons. The van der Waals surface area contributed by atoms with Crippen molar-refractivity contribution in [2.24, 2.45) is 0 Å². The molecule has 6 N–H and O–H groups in total. The highest BCUT2D eigenvalue weighted by Crippen LogP contribution is 2.23. The Hall–Kier alpha value is -3.41. The topological polar surface area (TPSA) is 149 Å². The maximum atomic E-state index is 13.1. The van der Waals surface area contributed by atoms with E-state index in [-0.39, 0.29) is 12.5 Å². The minimum Gasteiger partial charge on any atom is -0.394 e. The van der Waals surface area contributed by atoms with Crippen LogP contribution in [0.4, 0.5) is 0 Å². The Morgan fingerprint density at radius 1 is 0.389 bits per heavy atom. The molecule has 1 amide bonds. The molecule has 7 atom stereocenters. The molecule has 0 aromatic carbocycles. The van der Waals surface area contributed by atoms with Gasteiger partial charge in [0.1, 0.15) is 24.4 Å². The summed E-state index contributed by atoms with van der Waals surface area (Å²) < 4.78 is 11.3. The maximum Gasteiger partial charge on any atom is 0.220 e. The van der Waals surface area contributed by atoms with E-state index < -0.39 is 49.5 Å². The van der Waals surface area contributed by atoms with Crippen LogP contribution < -0.4 is 5.32 Å². The highest BCUT2D eigenvalue weighted by Gasteiger charge is 2.44. The number of hydrogen-bond donors (Lipinski definition) is 6. The second kappa shape index (κ2) is 68.4. The molecule has 1 aliphatic rings. The Bertz CT molecular complexity index is 1840. The number of rotatable bonds is 65. The van der Waals surface area contributed by atoms with Crippen LogP contribution in [-0.4, -0.2) is 87.5 Å². The van der Waals surface area contributed by atoms with E-state index in [1.807, 2.05) is 6.08 Å². The molecule has 0 aromatic heterocycles. The largest absolute Gasteiger partial charge is 0.394 e. The van der Waals surface area contributed by atoms with Crippen molar-refractivity contribution in [2.45, 2.75) is 371 Å². The molecule has 1 saturated heterocycles. The summed E-state index contributed by atoms with van der Waals surface area (Å²) in [6.45, 7) is 3.68. The molecule has 1 heterocycles. The number of carbonyl (C=O) groups excluding carboxylic acids is 1. The van der Waals surface area contributed by atoms with Crippen LogP contribution in [0.1, 0.15) is 328 Å². The Labute approximate surface area is 554 Å². The van der Waals surface area contributed by atoms with Gasteiger partial charge in [0.2, 0.25) is 5.91 Å². The highest BCUT2D eigenvalue weighted by molar-refractivity contribution is 5.76. The lowest BCUT2D eigenvalue weighted by molar-refractivity contribution is -0.302. The molecule has 1 aliphatic heterocycles. The molecule has 0 spiro atoms. The first kappa shape index (κ1) is 84.6. The van der Waals surface area contributed by atoms with Gasteiger partial charge in [0.15, 0.2) is 6.29 Å². The van der Waals surface area contributed by atoms with E-state index in [2.05, 4.69) is 129 Å². The van der Waals surface area contributed by atoms with Gasteiger partial charge >= 0.3 is 0 Å². The molecule has 7 unspecified atom stereocenters. The van der Waals surface area contributed by atoms with E-state index in [4.69, 9.17) is 9.47 Å². The van der Waals surface area contributed by atoms with Crippen LogP contribution in [0.5, 0.6) is 0 Å². The van der Waals surface area contributed by atoms with Gasteiger partial charge in [-0.2, -0.15) is 0 Å². The van der Waals surface area contributed by atoms with Crippen LogP contribution in [0, 0.1) is 0 Å². The van der Waals surface area contributed by atoms with Crippen molar-refractivity contribution in [1.29, 1.82) is 0 Å². The summed E-state index contributed by atoms with van der Waals surface area (Å²) in [6, 6.07) is -0.829. The van der Waals surface area contributed by atoms with Gasteiger partial charge in [0.25, 0.3) is 0 Å². The van der Waals surface area contributed by atoms with Crippen molar-refractivity contribution in [2.75, 3.05) is 13.2 Å². The van der Waals surface area contributed by atoms with Gasteiger partial charge < -0.3 is 40.3 Å². The predicted octanol–water partition coefficient (Wildman–Crippen LogP) is 21.4. The first-order chi connectivity index (χ1) is 44.3. The zero-order valence-corrected chi connectivity index (χ0v) is 58.1. The standard InChI is InChI=1S/C81H141NO8/c1-3-5-7-9-11-13-15-17-19-21-23-25-27-29-31-32-33-34-35-36-37-38-39-40-41-42-43-44-45-47-49-51-53-55-57-59-61-63-65-67-69-71-77(85)82-74(73-89-81-80(88)79(87)78(86)76(72-83)90-81)75(84)70-68-66-64-62-60-58-56-54-52-50-48-46-30-28-26-24-22-20-18-16-14-12-10-8-6-4-2/h5,7,11,13,17,19,23,25,29,31,33-34,36-37,39-40,60,62,68,70,74-76,78-81,83-84,86-88H,3-4,6,8-10,12,14-16,18,20-22,24,26-28,30,32,35,38,41-59,61,63-67,69,71-73H2,1-2H3,(H,82,85)/b7-5-,13-11-,19-17-,25-23-,31-29-,34-33-,37-36-,40-39-,62-60+,70-68+. The number of amides is 1. The van der Waals surface area contributed by atoms with Crippen LogP contribution in [-0.2, 0) is 14.3 Å². The summed E-state index contributed by atoms with van der Waals surface area (Å²) in [5.41, 5.74) is 0. The number of aliphatic hydroxyl groups excluding tert-OH is 5. The number of unbranched alkanes of at least 4 members (excludes halogenated alkanes) is 37. The fourth-order valence-corrected chi connectivity index (χ4v) is 11.4. The molecule has 518 valence electrons. The molecular formula is C81H141NO8. The van der Waals surface area contributed by atoms with Gasteiger partial charge in [-0.15, -0.1) is 0 Å². The van der Waals surface area contributed by atoms with Crippen LogP contribution in [0.25, 0.3) is 0 Å². The van der Waals surface area contributed by atoms with Crippen molar-refractivity contribution in [3.8, 4) is 0 Å². The number of aliphatic hydroxyl groups is 5. The Morgan fingerprint density at radius 3 is 1.07 bits per heavy atom. The first-order valence-corrected chi connectivity index (χ1v) is 37.8. The Kier molecular flexibility index (Phi) is 64.3. The third-order valence-corrected chi connectivity index (χ3v) is 17.3. The van der Waals surface area contributed by atoms with Crippen LogP contribution in [0.3, 0.4) is 0 Å². The van der Waals surface area contributed by atoms with Gasteiger partial charge in [-0.1, -0.05) is 347 Å². The summed E-state index contributed by atoms with van der Waals surface area (Å²) in [6.07, 6.45) is 96.1. The second-order valence-corrected chi connectivity index (χ2v) is 25.7. The maximum absolute atomic E-state index is 13.1. The van der Waals surface area contributed by atoms with Crippen LogP contribution in [0.2, 0.25) is 0 Å². The summed E-state index contributed by atoms with van der Waals surface area (Å²) in [5.74, 6) is -0.186. The average Bonchev–Trinajstić information content (AvgIpc) is 1.28. The number of hydrogen-bond acceptors (Lipinski definition) is 8. The molecule has 90 heavy (non-hydrogen) atoms. The van der Waals surface area contributed by atoms with Crippen molar-refractivity contribution in [1.82, 2.24) is 5.32 Å². The summed E-state index contributed by atoms with van der Waals surface area (Å²) >= 11 is 0. The molecule has 0 saturated carbocycles. The van der Waals surface area contributed by atoms with E-state index in [1.54, 1.807) is 6.08 Å². The van der Waals surface area contributed by atoms with E-state index in [9.17, 15) is 30.3 Å². The number of carbonyl (C=O) groups is 1. The minimum atomic E-state index is -1.58. The number of ether oxygens (including phenoxy) is 2. The molecule has 0 bridgehead atoms. The Balaban J connectivity index is 2.11. The van der Waals surface area contributed by atoms with E-state index in [0.29, 0.717) is 6.42 Å². The van der Waals surface area contributed by atoms with E-state index in [0.717, 1.165) is 89.9 Å². The third kappa shape index (κ3) is 56.2. The lowest BCUT2D eigenvalue weighted by atomic mass is 9.99. The quantitative estimate of drug-likeness (QED) is 0.0261. The van der Waals surface area contributed by atoms with Gasteiger partial charge in [0, 0.05) is 6.42 Å². The Morgan fingerprint density at radius 2 is 0.700 bits per heavy atom. The fraction of sp³-hybridized carbons (Fsp3) is 0.741. The van der Waals surface area contributed by atoms with Crippen LogP contribution >= 0.6 is 0 Å². The number of allylic oxidation sites excluding steroid dienone is 19. The van der Waals surface area contributed by atoms with Crippen LogP contribution in [0.15, 0.2) is 122 Å². The molecule has 1 rings (SSSR count). The first-order valence-electron chi connectivity index (χ1n) is 37.8. The van der Waals surface area contributed by atoms with Gasteiger partial charge in [-0.3, -0.25) is 4.79 Å². The molecular weight excluding hydrogens is 1110 g/mol. The average molecular weight is 1260 g/mol. The van der Waals surface area contributed by atoms with Gasteiger partial charge in [-0.05, 0) is 96.3 Å². The molecule has 0 aliphatic carbocycles. The predicted molar refractivity (Wildman–Crippen MR) is 387 cm³/mol. The lowest BCUT2D eigenvalue weighted by Gasteiger charge is -2.40.